The van der Waals surface area contributed by atoms with Crippen molar-refractivity contribution >= 4 is 0 Å². The SMILES string of the molecule is [C-]#[N+]C1=C(O)[C@H](CCC)[C@H]2CCc3c(-c4ccccc4F)nc(-c4ccnc(C5CC5)c4)nc3[C@]2(C)C1. The first-order valence-electron chi connectivity index (χ1n) is 13.4. The van der Waals surface area contributed by atoms with Gasteiger partial charge >= 0.3 is 0 Å². The van der Waals surface area contributed by atoms with Gasteiger partial charge in [-0.2, -0.15) is 0 Å². The van der Waals surface area contributed by atoms with Crippen LogP contribution in [0.4, 0.5) is 4.39 Å². The second-order valence-electron chi connectivity index (χ2n) is 11.0. The molecule has 0 spiro atoms. The van der Waals surface area contributed by atoms with E-state index in [9.17, 15) is 5.11 Å². The van der Waals surface area contributed by atoms with Crippen LogP contribution in [-0.4, -0.2) is 20.1 Å². The predicted molar refractivity (Wildman–Crippen MR) is 141 cm³/mol. The van der Waals surface area contributed by atoms with Gasteiger partial charge in [0, 0.05) is 45.8 Å². The van der Waals surface area contributed by atoms with Crippen molar-refractivity contribution in [3.05, 3.63) is 88.2 Å². The molecule has 1 saturated carbocycles. The van der Waals surface area contributed by atoms with Gasteiger partial charge in [-0.25, -0.2) is 19.2 Å². The molecule has 0 amide bonds. The summed E-state index contributed by atoms with van der Waals surface area (Å²) in [6, 6.07) is 10.8. The fraction of sp³-hybridized carbons (Fsp3) is 0.419. The standard InChI is InChI=1S/C31H31FN4O/c1-4-7-20-23-13-12-22-27(21-8-5-6-9-24(21)32)35-30(19-14-15-34-25(16-19)18-10-11-18)36-29(22)31(23,2)17-26(33-3)28(20)37/h5-6,8-9,14-16,18,20,23,37H,4,7,10-13,17H2,1-2H3/t20-,23-,31-/m1/s1. The molecule has 0 bridgehead atoms. The van der Waals surface area contributed by atoms with Gasteiger partial charge in [-0.05, 0) is 68.7 Å². The molecule has 37 heavy (non-hydrogen) atoms. The summed E-state index contributed by atoms with van der Waals surface area (Å²) < 4.78 is 15.2. The first-order valence-corrected chi connectivity index (χ1v) is 13.4. The van der Waals surface area contributed by atoms with Crippen molar-refractivity contribution in [2.75, 3.05) is 0 Å². The number of rotatable bonds is 5. The number of allylic oxidation sites excluding steroid dienone is 2. The molecule has 0 saturated heterocycles. The maximum Gasteiger partial charge on any atom is 0.203 e. The lowest BCUT2D eigenvalue weighted by Gasteiger charge is -2.49. The van der Waals surface area contributed by atoms with Crippen LogP contribution in [0.25, 0.3) is 27.5 Å². The number of aliphatic hydroxyl groups excluding tert-OH is 1. The monoisotopic (exact) mass is 494 g/mol. The molecule has 0 aliphatic heterocycles. The molecule has 3 aliphatic rings. The number of halogens is 1. The number of aromatic nitrogens is 3. The molecule has 0 unspecified atom stereocenters. The van der Waals surface area contributed by atoms with Gasteiger partial charge in [0.15, 0.2) is 5.82 Å². The molecule has 3 aromatic rings. The number of hydrogen-bond donors (Lipinski definition) is 1. The first kappa shape index (κ1) is 23.8. The third-order valence-corrected chi connectivity index (χ3v) is 8.64. The highest BCUT2D eigenvalue weighted by Crippen LogP contribution is 2.55. The summed E-state index contributed by atoms with van der Waals surface area (Å²) >= 11 is 0. The summed E-state index contributed by atoms with van der Waals surface area (Å²) in [6.07, 6.45) is 7.85. The Morgan fingerprint density at radius 2 is 1.97 bits per heavy atom. The van der Waals surface area contributed by atoms with Crippen molar-refractivity contribution in [3.63, 3.8) is 0 Å². The van der Waals surface area contributed by atoms with Gasteiger partial charge < -0.3 is 5.11 Å². The Kier molecular flexibility index (Phi) is 5.82. The van der Waals surface area contributed by atoms with E-state index in [1.807, 2.05) is 18.3 Å². The van der Waals surface area contributed by atoms with Crippen molar-refractivity contribution < 1.29 is 9.50 Å². The summed E-state index contributed by atoms with van der Waals surface area (Å²) in [7, 11) is 0. The van der Waals surface area contributed by atoms with Gasteiger partial charge in [0.05, 0.1) is 23.7 Å². The number of nitrogens with zero attached hydrogens (tertiary/aromatic N) is 4. The van der Waals surface area contributed by atoms with Crippen molar-refractivity contribution in [1.82, 2.24) is 15.0 Å². The molecule has 188 valence electrons. The molecule has 2 aromatic heterocycles. The molecular weight excluding hydrogens is 463 g/mol. The van der Waals surface area contributed by atoms with E-state index >= 15 is 4.39 Å². The molecule has 1 N–H and O–H groups in total. The summed E-state index contributed by atoms with van der Waals surface area (Å²) in [5, 5.41) is 11.0. The topological polar surface area (TPSA) is 63.3 Å². The molecule has 0 radical (unpaired) electrons. The van der Waals surface area contributed by atoms with Gasteiger partial charge in [-0.15, -0.1) is 0 Å². The van der Waals surface area contributed by atoms with E-state index < -0.39 is 5.41 Å². The lowest BCUT2D eigenvalue weighted by Crippen LogP contribution is -2.46. The fourth-order valence-electron chi connectivity index (χ4n) is 6.63. The Balaban J connectivity index is 1.59. The zero-order chi connectivity index (χ0) is 25.7. The van der Waals surface area contributed by atoms with Crippen LogP contribution >= 0.6 is 0 Å². The Bertz CT molecular complexity index is 1450. The summed E-state index contributed by atoms with van der Waals surface area (Å²) in [5.41, 5.74) is 4.88. The summed E-state index contributed by atoms with van der Waals surface area (Å²) in [5.74, 6) is 1.10. The van der Waals surface area contributed by atoms with E-state index in [1.54, 1.807) is 12.1 Å². The zero-order valence-electron chi connectivity index (χ0n) is 21.3. The quantitative estimate of drug-likeness (QED) is 0.372. The third-order valence-electron chi connectivity index (χ3n) is 8.64. The van der Waals surface area contributed by atoms with Gasteiger partial charge in [-0.3, -0.25) is 4.98 Å². The van der Waals surface area contributed by atoms with E-state index in [0.29, 0.717) is 41.5 Å². The zero-order valence-corrected chi connectivity index (χ0v) is 21.3. The first-order chi connectivity index (χ1) is 17.9. The van der Waals surface area contributed by atoms with Crippen molar-refractivity contribution in [1.29, 1.82) is 0 Å². The van der Waals surface area contributed by atoms with Crippen LogP contribution in [0.15, 0.2) is 54.1 Å². The second-order valence-corrected chi connectivity index (χ2v) is 11.0. The normalized spacial score (nSPS) is 24.8. The molecule has 1 aromatic carbocycles. The van der Waals surface area contributed by atoms with Crippen LogP contribution < -0.4 is 0 Å². The Hall–Kier alpha value is -3.59. The van der Waals surface area contributed by atoms with Gasteiger partial charge in [0.2, 0.25) is 5.70 Å². The number of aliphatic hydroxyl groups is 1. The third kappa shape index (κ3) is 3.92. The predicted octanol–water partition coefficient (Wildman–Crippen LogP) is 7.55. The van der Waals surface area contributed by atoms with Crippen molar-refractivity contribution in [3.8, 4) is 22.6 Å². The number of hydrogen-bond acceptors (Lipinski definition) is 4. The van der Waals surface area contributed by atoms with Crippen LogP contribution in [0.3, 0.4) is 0 Å². The molecule has 1 fully saturated rings. The fourth-order valence-corrected chi connectivity index (χ4v) is 6.63. The maximum absolute atomic E-state index is 15.2. The lowest BCUT2D eigenvalue weighted by atomic mass is 9.56. The maximum atomic E-state index is 15.2. The highest BCUT2D eigenvalue weighted by molar-refractivity contribution is 5.70. The Morgan fingerprint density at radius 1 is 1.16 bits per heavy atom. The molecule has 5 nitrogen and oxygen atoms in total. The lowest BCUT2D eigenvalue weighted by molar-refractivity contribution is 0.118. The smallest absolute Gasteiger partial charge is 0.203 e. The van der Waals surface area contributed by atoms with Crippen LogP contribution in [0.5, 0.6) is 0 Å². The van der Waals surface area contributed by atoms with E-state index in [-0.39, 0.29) is 23.4 Å². The number of benzene rings is 1. The van der Waals surface area contributed by atoms with E-state index in [2.05, 4.69) is 29.7 Å². The number of fused-ring (bicyclic) bond motifs is 3. The van der Waals surface area contributed by atoms with E-state index in [4.69, 9.17) is 16.5 Å². The minimum absolute atomic E-state index is 0.0706. The van der Waals surface area contributed by atoms with Gasteiger partial charge in [0.1, 0.15) is 5.82 Å². The minimum Gasteiger partial charge on any atom is -0.523 e. The van der Waals surface area contributed by atoms with Crippen LogP contribution in [0, 0.1) is 24.2 Å². The van der Waals surface area contributed by atoms with Gasteiger partial charge in [0.25, 0.3) is 0 Å². The van der Waals surface area contributed by atoms with E-state index in [1.165, 1.54) is 6.07 Å². The van der Waals surface area contributed by atoms with Crippen molar-refractivity contribution in [2.45, 2.75) is 70.1 Å². The van der Waals surface area contributed by atoms with Crippen LogP contribution in [0.2, 0.25) is 0 Å². The minimum atomic E-state index is -0.455. The van der Waals surface area contributed by atoms with E-state index in [0.717, 1.165) is 54.6 Å². The summed E-state index contributed by atoms with van der Waals surface area (Å²) in [4.78, 5) is 18.5. The highest BCUT2D eigenvalue weighted by atomic mass is 19.1. The van der Waals surface area contributed by atoms with Crippen molar-refractivity contribution in [2.24, 2.45) is 11.8 Å². The second kappa shape index (κ2) is 9.06. The van der Waals surface area contributed by atoms with Crippen LogP contribution in [0.1, 0.15) is 75.2 Å². The molecule has 3 aliphatic carbocycles. The molecular formula is C31H31FN4O. The Morgan fingerprint density at radius 3 is 2.70 bits per heavy atom. The molecule has 2 heterocycles. The largest absolute Gasteiger partial charge is 0.523 e. The molecule has 6 heteroatoms. The average molecular weight is 495 g/mol. The number of pyridine rings is 1. The molecule has 3 atom stereocenters. The Labute approximate surface area is 217 Å². The van der Waals surface area contributed by atoms with Crippen LogP contribution in [-0.2, 0) is 11.8 Å². The summed E-state index contributed by atoms with van der Waals surface area (Å²) in [6.45, 7) is 12.1. The highest BCUT2D eigenvalue weighted by Gasteiger charge is 2.51. The molecule has 6 rings (SSSR count). The van der Waals surface area contributed by atoms with Gasteiger partial charge in [-0.1, -0.05) is 32.4 Å². The average Bonchev–Trinajstić information content (AvgIpc) is 3.76.